The van der Waals surface area contributed by atoms with Crippen LogP contribution in [0.5, 0.6) is 5.75 Å². The minimum Gasteiger partial charge on any atom is -0.489 e. The first-order valence-corrected chi connectivity index (χ1v) is 14.4. The van der Waals surface area contributed by atoms with Crippen molar-refractivity contribution in [2.24, 2.45) is 10.7 Å². The third kappa shape index (κ3) is 8.97. The van der Waals surface area contributed by atoms with Crippen molar-refractivity contribution in [1.82, 2.24) is 0 Å². The van der Waals surface area contributed by atoms with E-state index in [4.69, 9.17) is 20.4 Å². The number of aliphatic imine (C=N–C) groups is 1. The summed E-state index contributed by atoms with van der Waals surface area (Å²) in [6.45, 7) is 7.08. The minimum atomic E-state index is -5.08. The van der Waals surface area contributed by atoms with Gasteiger partial charge in [0.1, 0.15) is 18.2 Å². The highest BCUT2D eigenvalue weighted by Gasteiger charge is 2.38. The summed E-state index contributed by atoms with van der Waals surface area (Å²) in [7, 11) is 0. The lowest BCUT2D eigenvalue weighted by molar-refractivity contribution is -0.192. The average Bonchev–Trinajstić information content (AvgIpc) is 3.40. The number of carbonyl (C=O) groups is 3. The molecule has 0 bridgehead atoms. The maximum atomic E-state index is 13.6. The Morgan fingerprint density at radius 1 is 0.851 bits per heavy atom. The zero-order chi connectivity index (χ0) is 34.4. The van der Waals surface area contributed by atoms with Crippen LogP contribution in [0.4, 0.5) is 24.5 Å². The van der Waals surface area contributed by atoms with Crippen molar-refractivity contribution in [3.05, 3.63) is 124 Å². The van der Waals surface area contributed by atoms with E-state index in [1.165, 1.54) is 0 Å². The topological polar surface area (TPSA) is 143 Å². The number of halogens is 3. The van der Waals surface area contributed by atoms with Crippen LogP contribution in [0.3, 0.4) is 0 Å². The summed E-state index contributed by atoms with van der Waals surface area (Å²) in [6, 6.07) is 27.9. The maximum Gasteiger partial charge on any atom is 0.490 e. The summed E-state index contributed by atoms with van der Waals surface area (Å²) in [5.41, 5.74) is 11.3. The SMILES string of the molecule is CC(C)(C)c1ccccc1C(=O)Nc1cc(OCc2ccccc2)ccc1NC(=O)c1ccc2c(c1)C(N)=NC2.O=C(O)C(F)(F)F. The number of carboxylic acid groups (broad SMARTS) is 1. The Hall–Kier alpha value is -5.65. The Morgan fingerprint density at radius 3 is 2.15 bits per heavy atom. The van der Waals surface area contributed by atoms with Crippen LogP contribution in [0.25, 0.3) is 0 Å². The van der Waals surface area contributed by atoms with Crippen molar-refractivity contribution in [2.45, 2.75) is 45.5 Å². The molecule has 4 aromatic carbocycles. The number of amides is 2. The zero-order valence-corrected chi connectivity index (χ0v) is 25.8. The number of rotatable bonds is 7. The van der Waals surface area contributed by atoms with E-state index in [0.717, 1.165) is 22.3 Å². The van der Waals surface area contributed by atoms with Gasteiger partial charge in [0, 0.05) is 22.8 Å². The molecule has 0 radical (unpaired) electrons. The van der Waals surface area contributed by atoms with Crippen LogP contribution in [-0.4, -0.2) is 34.9 Å². The number of hydrogen-bond acceptors (Lipinski definition) is 6. The van der Waals surface area contributed by atoms with Crippen molar-refractivity contribution in [1.29, 1.82) is 0 Å². The zero-order valence-electron chi connectivity index (χ0n) is 25.8. The Morgan fingerprint density at radius 2 is 1.49 bits per heavy atom. The number of nitrogens with zero attached hydrogens (tertiary/aromatic N) is 1. The molecule has 0 unspecified atom stereocenters. The lowest BCUT2D eigenvalue weighted by Gasteiger charge is -2.23. The van der Waals surface area contributed by atoms with Gasteiger partial charge in [0.25, 0.3) is 11.8 Å². The molecule has 0 fully saturated rings. The number of alkyl halides is 3. The maximum absolute atomic E-state index is 13.6. The molecule has 5 rings (SSSR count). The fourth-order valence-corrected chi connectivity index (χ4v) is 4.64. The predicted molar refractivity (Wildman–Crippen MR) is 173 cm³/mol. The molecule has 0 spiro atoms. The summed E-state index contributed by atoms with van der Waals surface area (Å²) in [5, 5.41) is 13.1. The molecule has 0 atom stereocenters. The van der Waals surface area contributed by atoms with Crippen molar-refractivity contribution in [2.75, 3.05) is 10.6 Å². The molecule has 47 heavy (non-hydrogen) atoms. The van der Waals surface area contributed by atoms with E-state index in [2.05, 4.69) is 36.4 Å². The van der Waals surface area contributed by atoms with E-state index >= 15 is 0 Å². The van der Waals surface area contributed by atoms with Gasteiger partial charge in [-0.2, -0.15) is 13.2 Å². The number of nitrogens with two attached hydrogens (primary N) is 1. The molecule has 12 heteroatoms. The smallest absolute Gasteiger partial charge is 0.489 e. The highest BCUT2D eigenvalue weighted by molar-refractivity contribution is 6.11. The van der Waals surface area contributed by atoms with Crippen LogP contribution in [0, 0.1) is 0 Å². The molecular weight excluding hydrogens is 613 g/mol. The van der Waals surface area contributed by atoms with Crippen molar-refractivity contribution >= 4 is 35.0 Å². The van der Waals surface area contributed by atoms with E-state index in [9.17, 15) is 22.8 Å². The van der Waals surface area contributed by atoms with Crippen molar-refractivity contribution in [3.63, 3.8) is 0 Å². The fourth-order valence-electron chi connectivity index (χ4n) is 4.64. The van der Waals surface area contributed by atoms with Gasteiger partial charge in [0.15, 0.2) is 0 Å². The van der Waals surface area contributed by atoms with Gasteiger partial charge in [0.2, 0.25) is 0 Å². The Kier molecular flexibility index (Phi) is 10.3. The lowest BCUT2D eigenvalue weighted by Crippen LogP contribution is -2.22. The summed E-state index contributed by atoms with van der Waals surface area (Å²) in [4.78, 5) is 40.0. The van der Waals surface area contributed by atoms with Crippen LogP contribution < -0.4 is 21.1 Å². The number of hydrogen-bond donors (Lipinski definition) is 4. The molecule has 9 nitrogen and oxygen atoms in total. The molecule has 244 valence electrons. The van der Waals surface area contributed by atoms with E-state index in [1.807, 2.05) is 54.6 Å². The highest BCUT2D eigenvalue weighted by Crippen LogP contribution is 2.31. The monoisotopic (exact) mass is 646 g/mol. The van der Waals surface area contributed by atoms with Gasteiger partial charge in [-0.15, -0.1) is 0 Å². The third-order valence-corrected chi connectivity index (χ3v) is 7.03. The van der Waals surface area contributed by atoms with Crippen LogP contribution in [0.15, 0.2) is 96.0 Å². The van der Waals surface area contributed by atoms with Gasteiger partial charge < -0.3 is 26.2 Å². The fraction of sp³-hybridized carbons (Fsp3) is 0.200. The largest absolute Gasteiger partial charge is 0.490 e. The molecule has 2 amide bonds. The molecule has 1 aliphatic heterocycles. The summed E-state index contributed by atoms with van der Waals surface area (Å²) >= 11 is 0. The first kappa shape index (κ1) is 34.2. The van der Waals surface area contributed by atoms with Gasteiger partial charge in [-0.05, 0) is 52.4 Å². The molecule has 0 saturated heterocycles. The quantitative estimate of drug-likeness (QED) is 0.172. The second kappa shape index (κ2) is 14.2. The second-order valence-corrected chi connectivity index (χ2v) is 11.6. The molecular formula is C35H33F3N4O5. The normalized spacial score (nSPS) is 12.2. The first-order valence-electron chi connectivity index (χ1n) is 14.4. The first-order chi connectivity index (χ1) is 22.1. The van der Waals surface area contributed by atoms with Gasteiger partial charge >= 0.3 is 12.1 Å². The molecule has 5 N–H and O–H groups in total. The van der Waals surface area contributed by atoms with Crippen LogP contribution in [-0.2, 0) is 23.4 Å². The minimum absolute atomic E-state index is 0.232. The number of anilines is 2. The van der Waals surface area contributed by atoms with E-state index in [0.29, 0.717) is 47.2 Å². The van der Waals surface area contributed by atoms with Gasteiger partial charge in [-0.3, -0.25) is 14.6 Å². The number of carboxylic acids is 1. The third-order valence-electron chi connectivity index (χ3n) is 7.03. The molecule has 0 saturated carbocycles. The number of benzene rings is 4. The molecule has 1 heterocycles. The van der Waals surface area contributed by atoms with Crippen LogP contribution in [0.2, 0.25) is 0 Å². The highest BCUT2D eigenvalue weighted by atomic mass is 19.4. The average molecular weight is 647 g/mol. The van der Waals surface area contributed by atoms with E-state index < -0.39 is 12.1 Å². The summed E-state index contributed by atoms with van der Waals surface area (Å²) in [5.74, 6) is -2.38. The standard InChI is InChI=1S/C33H32N4O3.C2HF3O2/c1-33(2,3)27-12-8-7-11-25(27)32(39)37-29-18-24(40-20-21-9-5-4-6-10-21)15-16-28(29)36-31(38)22-13-14-23-19-35-30(34)26(23)17-22;3-2(4,5)1(6)7/h4-18H,19-20H2,1-3H3,(H2,34,35)(H,36,38)(H,37,39);(H,6,7). The van der Waals surface area contributed by atoms with Gasteiger partial charge in [-0.1, -0.05) is 75.4 Å². The number of ether oxygens (including phenoxy) is 1. The number of carbonyl (C=O) groups excluding carboxylic acids is 2. The number of fused-ring (bicyclic) bond motifs is 1. The van der Waals surface area contributed by atoms with Crippen molar-refractivity contribution < 1.29 is 37.4 Å². The summed E-state index contributed by atoms with van der Waals surface area (Å²) < 4.78 is 37.7. The second-order valence-electron chi connectivity index (χ2n) is 11.6. The predicted octanol–water partition coefficient (Wildman–Crippen LogP) is 6.92. The Labute approximate surface area is 269 Å². The summed E-state index contributed by atoms with van der Waals surface area (Å²) in [6.07, 6.45) is -5.08. The Balaban J connectivity index is 0.000000644. The lowest BCUT2D eigenvalue weighted by atomic mass is 9.83. The molecule has 1 aliphatic rings. The van der Waals surface area contributed by atoms with E-state index in [1.54, 1.807) is 36.4 Å². The number of aliphatic carboxylic acids is 1. The van der Waals surface area contributed by atoms with Crippen molar-refractivity contribution in [3.8, 4) is 5.75 Å². The van der Waals surface area contributed by atoms with E-state index in [-0.39, 0.29) is 17.2 Å². The van der Waals surface area contributed by atoms with Crippen LogP contribution >= 0.6 is 0 Å². The molecule has 0 aromatic heterocycles. The van der Waals surface area contributed by atoms with Gasteiger partial charge in [0.05, 0.1) is 17.9 Å². The number of nitrogens with one attached hydrogen (secondary N) is 2. The Bertz CT molecular complexity index is 1820. The molecule has 0 aliphatic carbocycles. The molecule has 4 aromatic rings. The number of amidine groups is 1. The van der Waals surface area contributed by atoms with Gasteiger partial charge in [-0.25, -0.2) is 4.79 Å². The van der Waals surface area contributed by atoms with Crippen LogP contribution in [0.1, 0.15) is 63.7 Å².